The molecule has 0 spiro atoms. The number of H-pyrrole nitrogens is 1. The van der Waals surface area contributed by atoms with Crippen LogP contribution in [-0.4, -0.2) is 32.6 Å². The molecule has 0 amide bonds. The molecule has 1 N–H and O–H groups in total. The van der Waals surface area contributed by atoms with E-state index in [2.05, 4.69) is 44.0 Å². The van der Waals surface area contributed by atoms with Crippen LogP contribution in [0.4, 0.5) is 5.95 Å². The first kappa shape index (κ1) is 13.2. The Labute approximate surface area is 135 Å². The maximum Gasteiger partial charge on any atom is 0.203 e. The van der Waals surface area contributed by atoms with Crippen LogP contribution in [0.15, 0.2) is 30.6 Å². The van der Waals surface area contributed by atoms with E-state index in [0.29, 0.717) is 6.04 Å². The average molecular weight is 307 g/mol. The van der Waals surface area contributed by atoms with Crippen LogP contribution in [0.2, 0.25) is 0 Å². The molecule has 5 heteroatoms. The second kappa shape index (κ2) is 5.11. The minimum Gasteiger partial charge on any atom is -0.340 e. The lowest BCUT2D eigenvalue weighted by molar-refractivity contribution is 0.514. The van der Waals surface area contributed by atoms with Gasteiger partial charge in [-0.25, -0.2) is 9.97 Å². The van der Waals surface area contributed by atoms with E-state index in [-0.39, 0.29) is 0 Å². The molecule has 2 aromatic heterocycles. The first-order valence-corrected chi connectivity index (χ1v) is 8.63. The molecule has 0 radical (unpaired) electrons. The first-order chi connectivity index (χ1) is 11.4. The molecule has 3 aromatic rings. The van der Waals surface area contributed by atoms with Crippen molar-refractivity contribution in [3.05, 3.63) is 42.0 Å². The summed E-state index contributed by atoms with van der Waals surface area (Å²) in [6, 6.07) is 8.77. The predicted molar refractivity (Wildman–Crippen MR) is 90.8 cm³/mol. The minimum atomic E-state index is 0.526. The smallest absolute Gasteiger partial charge is 0.203 e. The van der Waals surface area contributed by atoms with Gasteiger partial charge in [0.25, 0.3) is 0 Å². The van der Waals surface area contributed by atoms with E-state index in [1.54, 1.807) is 0 Å². The standard InChI is InChI=1S/C18H21N5/c1-2-6-15-14(5-1)20-18(21-15)22-10-9-13(11-22)23-12-19-16-7-3-4-8-17(16)23/h1-2,5-6,12-13H,3-4,7-11H2,(H,20,21). The molecule has 3 heterocycles. The van der Waals surface area contributed by atoms with Crippen molar-refractivity contribution in [3.8, 4) is 0 Å². The number of nitrogens with zero attached hydrogens (tertiary/aromatic N) is 4. The zero-order chi connectivity index (χ0) is 15.2. The third-order valence-electron chi connectivity index (χ3n) is 5.29. The van der Waals surface area contributed by atoms with Gasteiger partial charge in [-0.1, -0.05) is 12.1 Å². The third kappa shape index (κ3) is 2.14. The topological polar surface area (TPSA) is 49.7 Å². The summed E-state index contributed by atoms with van der Waals surface area (Å²) < 4.78 is 2.44. The highest BCUT2D eigenvalue weighted by atomic mass is 15.3. The van der Waals surface area contributed by atoms with Crippen LogP contribution in [0.3, 0.4) is 0 Å². The fraction of sp³-hybridized carbons (Fsp3) is 0.444. The molecule has 0 saturated carbocycles. The maximum absolute atomic E-state index is 4.74. The molecule has 1 atom stereocenters. The van der Waals surface area contributed by atoms with Crippen molar-refractivity contribution in [2.24, 2.45) is 0 Å². The molecule has 1 saturated heterocycles. The Morgan fingerprint density at radius 1 is 1.13 bits per heavy atom. The van der Waals surface area contributed by atoms with E-state index in [1.807, 2.05) is 6.07 Å². The number of hydrogen-bond donors (Lipinski definition) is 1. The summed E-state index contributed by atoms with van der Waals surface area (Å²) in [6.45, 7) is 2.07. The molecule has 2 aliphatic rings. The summed E-state index contributed by atoms with van der Waals surface area (Å²) in [5.41, 5.74) is 4.98. The summed E-state index contributed by atoms with van der Waals surface area (Å²) in [6.07, 6.45) is 8.18. The molecule has 0 bridgehead atoms. The van der Waals surface area contributed by atoms with E-state index in [0.717, 1.165) is 36.5 Å². The minimum absolute atomic E-state index is 0.526. The van der Waals surface area contributed by atoms with Crippen molar-refractivity contribution in [2.45, 2.75) is 38.1 Å². The zero-order valence-corrected chi connectivity index (χ0v) is 13.2. The van der Waals surface area contributed by atoms with Crippen molar-refractivity contribution < 1.29 is 0 Å². The number of hydrogen-bond acceptors (Lipinski definition) is 3. The van der Waals surface area contributed by atoms with Crippen molar-refractivity contribution in [2.75, 3.05) is 18.0 Å². The van der Waals surface area contributed by atoms with Gasteiger partial charge in [0.1, 0.15) is 0 Å². The molecule has 1 fully saturated rings. The van der Waals surface area contributed by atoms with Crippen LogP contribution in [0, 0.1) is 0 Å². The zero-order valence-electron chi connectivity index (χ0n) is 13.2. The summed E-state index contributed by atoms with van der Waals surface area (Å²) in [4.78, 5) is 15.2. The summed E-state index contributed by atoms with van der Waals surface area (Å²) in [5, 5.41) is 0. The fourth-order valence-electron chi connectivity index (χ4n) is 4.06. The molecule has 1 aliphatic heterocycles. The predicted octanol–water partition coefficient (Wildman–Crippen LogP) is 3.09. The van der Waals surface area contributed by atoms with E-state index >= 15 is 0 Å². The van der Waals surface area contributed by atoms with Crippen molar-refractivity contribution in [3.63, 3.8) is 0 Å². The third-order valence-corrected chi connectivity index (χ3v) is 5.29. The lowest BCUT2D eigenvalue weighted by atomic mass is 10.0. The van der Waals surface area contributed by atoms with Gasteiger partial charge in [-0.3, -0.25) is 0 Å². The van der Waals surface area contributed by atoms with E-state index in [4.69, 9.17) is 4.98 Å². The van der Waals surface area contributed by atoms with Crippen LogP contribution in [0.25, 0.3) is 11.0 Å². The summed E-state index contributed by atoms with van der Waals surface area (Å²) in [7, 11) is 0. The summed E-state index contributed by atoms with van der Waals surface area (Å²) >= 11 is 0. The lowest BCUT2D eigenvalue weighted by Crippen LogP contribution is -2.22. The number of benzene rings is 1. The van der Waals surface area contributed by atoms with Crippen molar-refractivity contribution in [1.29, 1.82) is 0 Å². The van der Waals surface area contributed by atoms with Crippen LogP contribution in [0.1, 0.15) is 36.7 Å². The van der Waals surface area contributed by atoms with Gasteiger partial charge in [0.15, 0.2) is 0 Å². The SMILES string of the molecule is c1ccc2[nH]c(N3CCC(n4cnc5c4CCCC5)C3)nc2c1. The molecule has 118 valence electrons. The van der Waals surface area contributed by atoms with Crippen LogP contribution < -0.4 is 4.90 Å². The van der Waals surface area contributed by atoms with E-state index in [9.17, 15) is 0 Å². The maximum atomic E-state index is 4.74. The largest absolute Gasteiger partial charge is 0.340 e. The van der Waals surface area contributed by atoms with Gasteiger partial charge in [0.05, 0.1) is 29.1 Å². The molecule has 1 unspecified atom stereocenters. The molecule has 5 rings (SSSR count). The number of aromatic amines is 1. The number of para-hydroxylation sites is 2. The Hall–Kier alpha value is -2.30. The number of imidazole rings is 2. The van der Waals surface area contributed by atoms with Crippen molar-refractivity contribution >= 4 is 17.0 Å². The number of anilines is 1. The van der Waals surface area contributed by atoms with Gasteiger partial charge >= 0.3 is 0 Å². The van der Waals surface area contributed by atoms with Gasteiger partial charge in [0, 0.05) is 18.8 Å². The summed E-state index contributed by atoms with van der Waals surface area (Å²) in [5.74, 6) is 1.00. The number of fused-ring (bicyclic) bond motifs is 2. The second-order valence-electron chi connectivity index (χ2n) is 6.72. The fourth-order valence-corrected chi connectivity index (χ4v) is 4.06. The van der Waals surface area contributed by atoms with Gasteiger partial charge in [-0.05, 0) is 44.2 Å². The van der Waals surface area contributed by atoms with Crippen LogP contribution in [0.5, 0.6) is 0 Å². The number of aryl methyl sites for hydroxylation is 1. The highest BCUT2D eigenvalue weighted by molar-refractivity contribution is 5.77. The molecular formula is C18H21N5. The Balaban J connectivity index is 1.41. The Morgan fingerprint density at radius 2 is 2.04 bits per heavy atom. The monoisotopic (exact) mass is 307 g/mol. The Bertz CT molecular complexity index is 813. The quantitative estimate of drug-likeness (QED) is 0.791. The number of aromatic nitrogens is 4. The van der Waals surface area contributed by atoms with E-state index < -0.39 is 0 Å². The number of rotatable bonds is 2. The Kier molecular flexibility index (Phi) is 2.93. The molecule has 1 aromatic carbocycles. The van der Waals surface area contributed by atoms with E-state index in [1.165, 1.54) is 37.1 Å². The average Bonchev–Trinajstić information content (AvgIpc) is 3.31. The molecule has 23 heavy (non-hydrogen) atoms. The van der Waals surface area contributed by atoms with Crippen LogP contribution >= 0.6 is 0 Å². The van der Waals surface area contributed by atoms with Gasteiger partial charge in [-0.15, -0.1) is 0 Å². The molecule has 1 aliphatic carbocycles. The highest BCUT2D eigenvalue weighted by Crippen LogP contribution is 2.30. The first-order valence-electron chi connectivity index (χ1n) is 8.63. The van der Waals surface area contributed by atoms with Gasteiger partial charge in [0.2, 0.25) is 5.95 Å². The Morgan fingerprint density at radius 3 is 3.00 bits per heavy atom. The van der Waals surface area contributed by atoms with Crippen molar-refractivity contribution in [1.82, 2.24) is 19.5 Å². The van der Waals surface area contributed by atoms with Crippen LogP contribution in [-0.2, 0) is 12.8 Å². The number of nitrogens with one attached hydrogen (secondary N) is 1. The highest BCUT2D eigenvalue weighted by Gasteiger charge is 2.28. The van der Waals surface area contributed by atoms with Gasteiger partial charge in [-0.2, -0.15) is 0 Å². The lowest BCUT2D eigenvalue weighted by Gasteiger charge is -2.19. The van der Waals surface area contributed by atoms with Gasteiger partial charge < -0.3 is 14.5 Å². The molecule has 5 nitrogen and oxygen atoms in total. The second-order valence-corrected chi connectivity index (χ2v) is 6.72. The molecular weight excluding hydrogens is 286 g/mol. The normalized spacial score (nSPS) is 21.0.